The Hall–Kier alpha value is -4.10. The molecule has 0 spiro atoms. The van der Waals surface area contributed by atoms with Crippen LogP contribution in [0, 0.1) is 5.82 Å². The van der Waals surface area contributed by atoms with Crippen LogP contribution < -0.4 is 15.4 Å². The second-order valence-electron chi connectivity index (χ2n) is 7.56. The standard InChI is InChI=1S/C28H23FN2O3S/c29-24-16-7-8-17-25(24)31-28(33)27(20-10-3-1-4-11-20)35-23-15-9-12-21(18-23)30-26(32)19-34-22-13-5-2-6-14-22/h1-18,27H,19H2,(H,30,32)(H,31,33). The number of ether oxygens (including phenoxy) is 1. The molecule has 0 bridgehead atoms. The number of benzene rings is 4. The van der Waals surface area contributed by atoms with Gasteiger partial charge in [-0.05, 0) is 48.0 Å². The summed E-state index contributed by atoms with van der Waals surface area (Å²) in [5.41, 5.74) is 1.48. The summed E-state index contributed by atoms with van der Waals surface area (Å²) in [7, 11) is 0. The van der Waals surface area contributed by atoms with Crippen LogP contribution in [0.5, 0.6) is 5.75 Å². The van der Waals surface area contributed by atoms with Crippen molar-refractivity contribution in [1.82, 2.24) is 0 Å². The number of nitrogens with one attached hydrogen (secondary N) is 2. The molecule has 0 aliphatic rings. The predicted octanol–water partition coefficient (Wildman–Crippen LogP) is 6.32. The highest BCUT2D eigenvalue weighted by molar-refractivity contribution is 8.00. The third kappa shape index (κ3) is 6.94. The molecule has 1 unspecified atom stereocenters. The van der Waals surface area contributed by atoms with Gasteiger partial charge in [-0.15, -0.1) is 11.8 Å². The van der Waals surface area contributed by atoms with Crippen LogP contribution in [0.15, 0.2) is 114 Å². The van der Waals surface area contributed by atoms with Gasteiger partial charge in [0.2, 0.25) is 5.91 Å². The van der Waals surface area contributed by atoms with E-state index in [4.69, 9.17) is 4.74 Å². The van der Waals surface area contributed by atoms with Crippen molar-refractivity contribution >= 4 is 35.0 Å². The van der Waals surface area contributed by atoms with E-state index in [1.165, 1.54) is 23.9 Å². The van der Waals surface area contributed by atoms with Crippen LogP contribution in [-0.2, 0) is 9.59 Å². The maximum atomic E-state index is 14.1. The van der Waals surface area contributed by atoms with Gasteiger partial charge in [-0.1, -0.05) is 66.7 Å². The van der Waals surface area contributed by atoms with Gasteiger partial charge in [0.15, 0.2) is 6.61 Å². The molecular weight excluding hydrogens is 463 g/mol. The molecule has 4 aromatic carbocycles. The molecule has 0 aliphatic carbocycles. The van der Waals surface area contributed by atoms with Crippen molar-refractivity contribution < 1.29 is 18.7 Å². The predicted molar refractivity (Wildman–Crippen MR) is 137 cm³/mol. The largest absolute Gasteiger partial charge is 0.484 e. The number of halogens is 1. The number of para-hydroxylation sites is 2. The lowest BCUT2D eigenvalue weighted by Gasteiger charge is -2.18. The third-order valence-corrected chi connectivity index (χ3v) is 6.21. The lowest BCUT2D eigenvalue weighted by molar-refractivity contribution is -0.118. The third-order valence-electron chi connectivity index (χ3n) is 4.96. The van der Waals surface area contributed by atoms with Crippen LogP contribution in [-0.4, -0.2) is 18.4 Å². The molecule has 2 amide bonds. The lowest BCUT2D eigenvalue weighted by atomic mass is 10.1. The minimum absolute atomic E-state index is 0.124. The highest BCUT2D eigenvalue weighted by Gasteiger charge is 2.23. The molecule has 2 N–H and O–H groups in total. The average Bonchev–Trinajstić information content (AvgIpc) is 2.89. The van der Waals surface area contributed by atoms with Crippen LogP contribution in [0.1, 0.15) is 10.8 Å². The topological polar surface area (TPSA) is 67.4 Å². The van der Waals surface area contributed by atoms with Crippen molar-refractivity contribution in [2.24, 2.45) is 0 Å². The van der Waals surface area contributed by atoms with Crippen molar-refractivity contribution in [3.8, 4) is 5.75 Å². The summed E-state index contributed by atoms with van der Waals surface area (Å²) in [5.74, 6) is -0.538. The maximum absolute atomic E-state index is 14.1. The monoisotopic (exact) mass is 486 g/mol. The minimum Gasteiger partial charge on any atom is -0.484 e. The molecule has 0 saturated carbocycles. The van der Waals surface area contributed by atoms with Crippen molar-refractivity contribution in [1.29, 1.82) is 0 Å². The molecule has 0 radical (unpaired) electrons. The van der Waals surface area contributed by atoms with E-state index in [1.807, 2.05) is 54.6 Å². The highest BCUT2D eigenvalue weighted by atomic mass is 32.2. The summed E-state index contributed by atoms with van der Waals surface area (Å²) in [6.07, 6.45) is 0. The number of thioether (sulfide) groups is 1. The molecule has 4 rings (SSSR count). The average molecular weight is 487 g/mol. The van der Waals surface area contributed by atoms with E-state index < -0.39 is 11.1 Å². The fraction of sp³-hybridized carbons (Fsp3) is 0.0714. The first-order valence-electron chi connectivity index (χ1n) is 10.9. The Morgan fingerprint density at radius 3 is 2.23 bits per heavy atom. The molecule has 4 aromatic rings. The van der Waals surface area contributed by atoms with Crippen LogP contribution in [0.25, 0.3) is 0 Å². The molecule has 176 valence electrons. The fourth-order valence-electron chi connectivity index (χ4n) is 3.31. The summed E-state index contributed by atoms with van der Waals surface area (Å²) >= 11 is 1.31. The molecule has 0 aromatic heterocycles. The van der Waals surface area contributed by atoms with E-state index >= 15 is 0 Å². The number of hydrogen-bond donors (Lipinski definition) is 2. The van der Waals surface area contributed by atoms with E-state index in [0.717, 1.165) is 10.5 Å². The van der Waals surface area contributed by atoms with E-state index in [1.54, 1.807) is 42.5 Å². The van der Waals surface area contributed by atoms with Crippen molar-refractivity contribution in [2.75, 3.05) is 17.2 Å². The minimum atomic E-state index is -0.636. The molecule has 0 heterocycles. The molecule has 1 atom stereocenters. The summed E-state index contributed by atoms with van der Waals surface area (Å²) in [6.45, 7) is -0.126. The van der Waals surface area contributed by atoms with Gasteiger partial charge in [-0.25, -0.2) is 4.39 Å². The summed E-state index contributed by atoms with van der Waals surface area (Å²) < 4.78 is 19.6. The van der Waals surface area contributed by atoms with Crippen LogP contribution >= 0.6 is 11.8 Å². The number of rotatable bonds is 9. The number of carbonyl (C=O) groups is 2. The SMILES string of the molecule is O=C(COc1ccccc1)Nc1cccc(SC(C(=O)Nc2ccccc2F)c2ccccc2)c1. The van der Waals surface area contributed by atoms with Gasteiger partial charge < -0.3 is 15.4 Å². The zero-order chi connectivity index (χ0) is 24.5. The number of hydrogen-bond acceptors (Lipinski definition) is 4. The van der Waals surface area contributed by atoms with Crippen LogP contribution in [0.4, 0.5) is 15.8 Å². The van der Waals surface area contributed by atoms with Gasteiger partial charge in [0.25, 0.3) is 5.91 Å². The smallest absolute Gasteiger partial charge is 0.262 e. The summed E-state index contributed by atoms with van der Waals surface area (Å²) in [4.78, 5) is 26.3. The van der Waals surface area contributed by atoms with Crippen LogP contribution in [0.2, 0.25) is 0 Å². The van der Waals surface area contributed by atoms with Gasteiger partial charge in [0.1, 0.15) is 16.8 Å². The summed E-state index contributed by atoms with van der Waals surface area (Å²) in [5, 5.41) is 4.87. The number of anilines is 2. The lowest BCUT2D eigenvalue weighted by Crippen LogP contribution is -2.20. The quantitative estimate of drug-likeness (QED) is 0.272. The molecule has 0 aliphatic heterocycles. The maximum Gasteiger partial charge on any atom is 0.262 e. The molecule has 5 nitrogen and oxygen atoms in total. The first kappa shape index (κ1) is 24.0. The van der Waals surface area contributed by atoms with Gasteiger partial charge >= 0.3 is 0 Å². The van der Waals surface area contributed by atoms with Gasteiger partial charge in [-0.2, -0.15) is 0 Å². The molecule has 0 fully saturated rings. The van der Waals surface area contributed by atoms with E-state index in [2.05, 4.69) is 10.6 Å². The van der Waals surface area contributed by atoms with E-state index in [-0.39, 0.29) is 24.1 Å². The molecule has 35 heavy (non-hydrogen) atoms. The Balaban J connectivity index is 1.46. The Morgan fingerprint density at radius 1 is 0.800 bits per heavy atom. The second kappa shape index (κ2) is 11.9. The zero-order valence-electron chi connectivity index (χ0n) is 18.7. The Labute approximate surface area is 207 Å². The molecular formula is C28H23FN2O3S. The van der Waals surface area contributed by atoms with Gasteiger partial charge in [-0.3, -0.25) is 9.59 Å². The zero-order valence-corrected chi connectivity index (χ0v) is 19.5. The normalized spacial score (nSPS) is 11.3. The first-order valence-corrected chi connectivity index (χ1v) is 11.8. The highest BCUT2D eigenvalue weighted by Crippen LogP contribution is 2.37. The van der Waals surface area contributed by atoms with Crippen LogP contribution in [0.3, 0.4) is 0 Å². The molecule has 0 saturated heterocycles. The Kier molecular flexibility index (Phi) is 8.14. The van der Waals surface area contributed by atoms with Gasteiger partial charge in [0.05, 0.1) is 5.69 Å². The van der Waals surface area contributed by atoms with Gasteiger partial charge in [0, 0.05) is 10.6 Å². The van der Waals surface area contributed by atoms with Crippen molar-refractivity contribution in [3.05, 3.63) is 121 Å². The van der Waals surface area contributed by atoms with Crippen molar-refractivity contribution in [3.63, 3.8) is 0 Å². The molecule has 7 heteroatoms. The van der Waals surface area contributed by atoms with Crippen molar-refractivity contribution in [2.45, 2.75) is 10.1 Å². The fourth-order valence-corrected chi connectivity index (χ4v) is 4.39. The number of carbonyl (C=O) groups excluding carboxylic acids is 2. The second-order valence-corrected chi connectivity index (χ2v) is 8.73. The van der Waals surface area contributed by atoms with E-state index in [9.17, 15) is 14.0 Å². The van der Waals surface area contributed by atoms with E-state index in [0.29, 0.717) is 11.4 Å². The summed E-state index contributed by atoms with van der Waals surface area (Å²) in [6, 6.07) is 31.6. The Morgan fingerprint density at radius 2 is 1.49 bits per heavy atom. The Bertz CT molecular complexity index is 1290. The first-order chi connectivity index (χ1) is 17.1. The number of amides is 2.